The van der Waals surface area contributed by atoms with E-state index in [0.29, 0.717) is 21.8 Å². The molecule has 20 heavy (non-hydrogen) atoms. The number of carbonyl (C=O) groups excluding carboxylic acids is 1. The lowest BCUT2D eigenvalue weighted by molar-refractivity contribution is 0.104. The molecule has 3 nitrogen and oxygen atoms in total. The van der Waals surface area contributed by atoms with Crippen LogP contribution < -0.4 is 5.73 Å². The third-order valence-corrected chi connectivity index (χ3v) is 3.71. The number of rotatable bonds is 2. The summed E-state index contributed by atoms with van der Waals surface area (Å²) in [6.45, 7) is 1.89. The molecule has 0 atom stereocenters. The largest absolute Gasteiger partial charge is 0.398 e. The van der Waals surface area contributed by atoms with E-state index in [1.165, 1.54) is 0 Å². The second-order valence-corrected chi connectivity index (χ2v) is 5.14. The van der Waals surface area contributed by atoms with Crippen LogP contribution in [0.1, 0.15) is 21.6 Å². The topological polar surface area (TPSA) is 58.9 Å². The molecule has 1 heterocycles. The normalized spacial score (nSPS) is 10.9. The summed E-state index contributed by atoms with van der Waals surface area (Å²) in [5.41, 5.74) is 9.18. The molecule has 3 aromatic rings. The zero-order valence-corrected chi connectivity index (χ0v) is 11.7. The lowest BCUT2D eigenvalue weighted by atomic mass is 10.0. The maximum Gasteiger partial charge on any atom is 0.195 e. The van der Waals surface area contributed by atoms with E-state index in [1.807, 2.05) is 31.2 Å². The van der Waals surface area contributed by atoms with Gasteiger partial charge in [-0.15, -0.1) is 0 Å². The number of H-pyrrole nitrogens is 1. The Morgan fingerprint density at radius 3 is 2.70 bits per heavy atom. The van der Waals surface area contributed by atoms with E-state index < -0.39 is 0 Å². The standard InChI is InChI=1S/C16H13ClN2O/c1-9-15(11-4-2-3-5-14(11)19-9)16(20)10-6-7-13(18)12(17)8-10/h2-8,19H,18H2,1H3. The van der Waals surface area contributed by atoms with Gasteiger partial charge in [0.05, 0.1) is 16.3 Å². The molecule has 0 radical (unpaired) electrons. The third-order valence-electron chi connectivity index (χ3n) is 3.38. The number of aromatic amines is 1. The number of nitrogens with one attached hydrogen (secondary N) is 1. The minimum atomic E-state index is -0.0538. The van der Waals surface area contributed by atoms with Crippen molar-refractivity contribution in [1.82, 2.24) is 4.98 Å². The number of aryl methyl sites for hydroxylation is 1. The van der Waals surface area contributed by atoms with Crippen LogP contribution in [0.5, 0.6) is 0 Å². The first kappa shape index (κ1) is 12.8. The number of ketones is 1. The fourth-order valence-corrected chi connectivity index (χ4v) is 2.56. The van der Waals surface area contributed by atoms with E-state index in [4.69, 9.17) is 17.3 Å². The minimum Gasteiger partial charge on any atom is -0.398 e. The first-order valence-corrected chi connectivity index (χ1v) is 6.63. The number of halogens is 1. The van der Waals surface area contributed by atoms with Crippen LogP contribution in [0.25, 0.3) is 10.9 Å². The maximum atomic E-state index is 12.7. The Balaban J connectivity index is 2.17. The van der Waals surface area contributed by atoms with Crippen LogP contribution in [-0.4, -0.2) is 10.8 Å². The van der Waals surface area contributed by atoms with Gasteiger partial charge in [0.15, 0.2) is 5.78 Å². The van der Waals surface area contributed by atoms with Crippen LogP contribution in [0.3, 0.4) is 0 Å². The summed E-state index contributed by atoms with van der Waals surface area (Å²) >= 11 is 5.99. The Kier molecular flexibility index (Phi) is 2.99. The zero-order valence-electron chi connectivity index (χ0n) is 10.9. The summed E-state index contributed by atoms with van der Waals surface area (Å²) in [7, 11) is 0. The van der Waals surface area contributed by atoms with Gasteiger partial charge in [-0.25, -0.2) is 0 Å². The molecule has 0 aliphatic heterocycles. The molecule has 3 rings (SSSR count). The number of fused-ring (bicyclic) bond motifs is 1. The number of benzene rings is 2. The molecule has 0 aliphatic rings. The Morgan fingerprint density at radius 2 is 1.95 bits per heavy atom. The van der Waals surface area contributed by atoms with Crippen LogP contribution in [0.2, 0.25) is 5.02 Å². The van der Waals surface area contributed by atoms with E-state index in [-0.39, 0.29) is 5.78 Å². The third kappa shape index (κ3) is 1.96. The van der Waals surface area contributed by atoms with Crippen molar-refractivity contribution in [3.63, 3.8) is 0 Å². The number of nitrogen functional groups attached to an aromatic ring is 1. The summed E-state index contributed by atoms with van der Waals surface area (Å²) in [6, 6.07) is 12.7. The quantitative estimate of drug-likeness (QED) is 0.553. The second-order valence-electron chi connectivity index (χ2n) is 4.74. The van der Waals surface area contributed by atoms with E-state index >= 15 is 0 Å². The average Bonchev–Trinajstić information content (AvgIpc) is 2.77. The molecule has 3 N–H and O–H groups in total. The van der Waals surface area contributed by atoms with Gasteiger partial charge in [0.2, 0.25) is 0 Å². The number of hydrogen-bond donors (Lipinski definition) is 2. The van der Waals surface area contributed by atoms with Crippen LogP contribution in [0.4, 0.5) is 5.69 Å². The van der Waals surface area contributed by atoms with Crippen molar-refractivity contribution in [2.75, 3.05) is 5.73 Å². The second kappa shape index (κ2) is 4.69. The Hall–Kier alpha value is -2.26. The van der Waals surface area contributed by atoms with Crippen LogP contribution in [-0.2, 0) is 0 Å². The average molecular weight is 285 g/mol. The van der Waals surface area contributed by atoms with E-state index in [1.54, 1.807) is 18.2 Å². The van der Waals surface area contributed by atoms with Gasteiger partial charge in [0.1, 0.15) is 0 Å². The van der Waals surface area contributed by atoms with E-state index in [9.17, 15) is 4.79 Å². The molecule has 0 unspecified atom stereocenters. The molecule has 0 aliphatic carbocycles. The van der Waals surface area contributed by atoms with Crippen LogP contribution in [0, 0.1) is 6.92 Å². The van der Waals surface area contributed by atoms with Gasteiger partial charge >= 0.3 is 0 Å². The van der Waals surface area contributed by atoms with Crippen molar-refractivity contribution >= 4 is 34.0 Å². The highest BCUT2D eigenvalue weighted by Gasteiger charge is 2.18. The molecule has 0 spiro atoms. The molecular weight excluding hydrogens is 272 g/mol. The summed E-state index contributed by atoms with van der Waals surface area (Å²) in [5.74, 6) is -0.0538. The molecule has 0 saturated carbocycles. The maximum absolute atomic E-state index is 12.7. The molecule has 2 aromatic carbocycles. The number of para-hydroxylation sites is 1. The highest BCUT2D eigenvalue weighted by atomic mass is 35.5. The lowest BCUT2D eigenvalue weighted by Crippen LogP contribution is -2.03. The molecule has 0 fully saturated rings. The Labute approximate surface area is 121 Å². The van der Waals surface area contributed by atoms with Crippen LogP contribution >= 0.6 is 11.6 Å². The predicted molar refractivity (Wildman–Crippen MR) is 82.3 cm³/mol. The van der Waals surface area contributed by atoms with Crippen molar-refractivity contribution < 1.29 is 4.79 Å². The van der Waals surface area contributed by atoms with Gasteiger partial charge in [-0.05, 0) is 31.2 Å². The summed E-state index contributed by atoms with van der Waals surface area (Å²) < 4.78 is 0. The number of hydrogen-bond acceptors (Lipinski definition) is 2. The van der Waals surface area contributed by atoms with Gasteiger partial charge in [-0.1, -0.05) is 29.8 Å². The minimum absolute atomic E-state index is 0.0538. The van der Waals surface area contributed by atoms with Gasteiger partial charge < -0.3 is 10.7 Å². The predicted octanol–water partition coefficient (Wildman–Crippen LogP) is 3.94. The molecule has 1 aromatic heterocycles. The zero-order chi connectivity index (χ0) is 14.3. The molecule has 0 amide bonds. The van der Waals surface area contributed by atoms with Crippen molar-refractivity contribution in [2.45, 2.75) is 6.92 Å². The molecule has 0 bridgehead atoms. The SMILES string of the molecule is Cc1[nH]c2ccccc2c1C(=O)c1ccc(N)c(Cl)c1. The summed E-state index contributed by atoms with van der Waals surface area (Å²) in [6.07, 6.45) is 0. The van der Waals surface area contributed by atoms with Crippen LogP contribution in [0.15, 0.2) is 42.5 Å². The summed E-state index contributed by atoms with van der Waals surface area (Å²) in [4.78, 5) is 15.9. The highest BCUT2D eigenvalue weighted by Crippen LogP contribution is 2.27. The monoisotopic (exact) mass is 284 g/mol. The first-order chi connectivity index (χ1) is 9.58. The van der Waals surface area contributed by atoms with Crippen molar-refractivity contribution in [2.24, 2.45) is 0 Å². The highest BCUT2D eigenvalue weighted by molar-refractivity contribution is 6.33. The molecular formula is C16H13ClN2O. The van der Waals surface area contributed by atoms with Crippen molar-refractivity contribution in [3.8, 4) is 0 Å². The summed E-state index contributed by atoms with van der Waals surface area (Å²) in [5, 5.41) is 1.32. The molecule has 4 heteroatoms. The number of nitrogens with two attached hydrogens (primary N) is 1. The Bertz CT molecular complexity index is 820. The van der Waals surface area contributed by atoms with E-state index in [0.717, 1.165) is 16.6 Å². The first-order valence-electron chi connectivity index (χ1n) is 6.25. The van der Waals surface area contributed by atoms with Gasteiger partial charge in [-0.3, -0.25) is 4.79 Å². The van der Waals surface area contributed by atoms with E-state index in [2.05, 4.69) is 4.98 Å². The number of carbonyl (C=O) groups is 1. The number of aromatic nitrogens is 1. The molecule has 0 saturated heterocycles. The lowest BCUT2D eigenvalue weighted by Gasteiger charge is -2.04. The fourth-order valence-electron chi connectivity index (χ4n) is 2.38. The smallest absolute Gasteiger partial charge is 0.195 e. The van der Waals surface area contributed by atoms with Gasteiger partial charge in [0, 0.05) is 22.2 Å². The number of anilines is 1. The fraction of sp³-hybridized carbons (Fsp3) is 0.0625. The van der Waals surface area contributed by atoms with Gasteiger partial charge in [-0.2, -0.15) is 0 Å². The Morgan fingerprint density at radius 1 is 1.20 bits per heavy atom. The van der Waals surface area contributed by atoms with Crippen molar-refractivity contribution in [3.05, 3.63) is 64.3 Å². The van der Waals surface area contributed by atoms with Crippen molar-refractivity contribution in [1.29, 1.82) is 0 Å². The van der Waals surface area contributed by atoms with Gasteiger partial charge in [0.25, 0.3) is 0 Å². The molecule has 100 valence electrons.